The number of aromatic nitrogens is 5. The predicted octanol–water partition coefficient (Wildman–Crippen LogP) is -0.317. The number of aryl methyl sites for hydroxylation is 1. The molecular formula is C11H13N5O3. The van der Waals surface area contributed by atoms with Gasteiger partial charge in [-0.1, -0.05) is 0 Å². The molecule has 2 aromatic rings. The summed E-state index contributed by atoms with van der Waals surface area (Å²) in [5.41, 5.74) is 1.76. The topological polar surface area (TPSA) is 103 Å². The molecule has 0 unspecified atom stereocenters. The normalized spacial score (nSPS) is 10.5. The zero-order chi connectivity index (χ0) is 14.0. The Morgan fingerprint density at radius 3 is 2.84 bits per heavy atom. The molecule has 19 heavy (non-hydrogen) atoms. The SMILES string of the molecule is COC(=O)Cc1c(C)nn(-c2nncc(=O)[nH]2)c1C. The highest BCUT2D eigenvalue weighted by molar-refractivity contribution is 5.73. The largest absolute Gasteiger partial charge is 0.469 e. The van der Waals surface area contributed by atoms with Gasteiger partial charge in [-0.2, -0.15) is 5.10 Å². The molecule has 2 aromatic heterocycles. The summed E-state index contributed by atoms with van der Waals surface area (Å²) >= 11 is 0. The van der Waals surface area contributed by atoms with E-state index < -0.39 is 0 Å². The van der Waals surface area contributed by atoms with Crippen LogP contribution in [0.4, 0.5) is 0 Å². The molecule has 2 heterocycles. The van der Waals surface area contributed by atoms with Crippen LogP contribution in [-0.2, 0) is 16.0 Å². The lowest BCUT2D eigenvalue weighted by Gasteiger charge is -2.02. The van der Waals surface area contributed by atoms with Crippen LogP contribution in [0.15, 0.2) is 11.0 Å². The van der Waals surface area contributed by atoms with Crippen molar-refractivity contribution in [3.63, 3.8) is 0 Å². The van der Waals surface area contributed by atoms with Crippen LogP contribution < -0.4 is 5.56 Å². The van der Waals surface area contributed by atoms with E-state index >= 15 is 0 Å². The molecule has 0 saturated heterocycles. The fourth-order valence-corrected chi connectivity index (χ4v) is 1.75. The highest BCUT2D eigenvalue weighted by Crippen LogP contribution is 2.16. The van der Waals surface area contributed by atoms with E-state index in [1.165, 1.54) is 11.8 Å². The van der Waals surface area contributed by atoms with E-state index in [0.717, 1.165) is 11.8 Å². The summed E-state index contributed by atoms with van der Waals surface area (Å²) in [6, 6.07) is 0. The molecule has 8 heteroatoms. The van der Waals surface area contributed by atoms with Crippen LogP contribution in [0.5, 0.6) is 0 Å². The first kappa shape index (κ1) is 12.9. The molecule has 0 spiro atoms. The molecular weight excluding hydrogens is 250 g/mol. The monoisotopic (exact) mass is 263 g/mol. The summed E-state index contributed by atoms with van der Waals surface area (Å²) in [5.74, 6) is -0.136. The predicted molar refractivity (Wildman–Crippen MR) is 65.0 cm³/mol. The molecule has 0 aliphatic carbocycles. The minimum Gasteiger partial charge on any atom is -0.469 e. The second-order valence-corrected chi connectivity index (χ2v) is 3.97. The van der Waals surface area contributed by atoms with Crippen molar-refractivity contribution < 1.29 is 9.53 Å². The lowest BCUT2D eigenvalue weighted by atomic mass is 10.1. The van der Waals surface area contributed by atoms with Crippen molar-refractivity contribution in [1.29, 1.82) is 0 Å². The fraction of sp³-hybridized carbons (Fsp3) is 0.364. The number of H-pyrrole nitrogens is 1. The first-order valence-electron chi connectivity index (χ1n) is 5.57. The summed E-state index contributed by atoms with van der Waals surface area (Å²) in [4.78, 5) is 25.1. The van der Waals surface area contributed by atoms with Gasteiger partial charge in [0.25, 0.3) is 11.5 Å². The van der Waals surface area contributed by atoms with Crippen molar-refractivity contribution in [3.05, 3.63) is 33.5 Å². The Balaban J connectivity index is 2.47. The van der Waals surface area contributed by atoms with Crippen LogP contribution in [0, 0.1) is 13.8 Å². The zero-order valence-corrected chi connectivity index (χ0v) is 10.8. The molecule has 0 amide bonds. The highest BCUT2D eigenvalue weighted by atomic mass is 16.5. The van der Waals surface area contributed by atoms with Crippen LogP contribution in [-0.4, -0.2) is 38.0 Å². The molecule has 1 N–H and O–H groups in total. The quantitative estimate of drug-likeness (QED) is 0.761. The summed E-state index contributed by atoms with van der Waals surface area (Å²) in [6.07, 6.45) is 1.20. The highest BCUT2D eigenvalue weighted by Gasteiger charge is 2.17. The minimum absolute atomic E-state index is 0.124. The Bertz CT molecular complexity index is 673. The number of esters is 1. The molecule has 0 saturated carbocycles. The molecule has 0 radical (unpaired) electrons. The first-order chi connectivity index (χ1) is 9.02. The van der Waals surface area contributed by atoms with Gasteiger partial charge in [-0.15, -0.1) is 10.2 Å². The van der Waals surface area contributed by atoms with Crippen LogP contribution >= 0.6 is 0 Å². The Hall–Kier alpha value is -2.51. The molecule has 0 bridgehead atoms. The van der Waals surface area contributed by atoms with Gasteiger partial charge in [-0.05, 0) is 13.8 Å². The lowest BCUT2D eigenvalue weighted by molar-refractivity contribution is -0.139. The summed E-state index contributed by atoms with van der Waals surface area (Å²) in [7, 11) is 1.33. The fourth-order valence-electron chi connectivity index (χ4n) is 1.75. The number of nitrogens with one attached hydrogen (secondary N) is 1. The van der Waals surface area contributed by atoms with Gasteiger partial charge in [0.2, 0.25) is 0 Å². The van der Waals surface area contributed by atoms with E-state index in [0.29, 0.717) is 11.4 Å². The maximum absolute atomic E-state index is 11.3. The number of carbonyl (C=O) groups excluding carboxylic acids is 1. The Morgan fingerprint density at radius 2 is 2.21 bits per heavy atom. The number of methoxy groups -OCH3 is 1. The Labute approximate surface area is 108 Å². The molecule has 0 aliphatic rings. The number of rotatable bonds is 3. The van der Waals surface area contributed by atoms with E-state index in [1.54, 1.807) is 13.8 Å². The smallest absolute Gasteiger partial charge is 0.310 e. The Morgan fingerprint density at radius 1 is 1.47 bits per heavy atom. The second-order valence-electron chi connectivity index (χ2n) is 3.97. The number of nitrogens with zero attached hydrogens (tertiary/aromatic N) is 4. The van der Waals surface area contributed by atoms with Gasteiger partial charge in [0.1, 0.15) is 6.20 Å². The van der Waals surface area contributed by atoms with Gasteiger partial charge in [0.05, 0.1) is 19.2 Å². The van der Waals surface area contributed by atoms with Crippen molar-refractivity contribution in [2.24, 2.45) is 0 Å². The minimum atomic E-state index is -0.368. The van der Waals surface area contributed by atoms with Crippen molar-refractivity contribution in [2.75, 3.05) is 7.11 Å². The molecule has 2 rings (SSSR count). The van der Waals surface area contributed by atoms with Gasteiger partial charge < -0.3 is 4.74 Å². The van der Waals surface area contributed by atoms with E-state index in [2.05, 4.69) is 25.0 Å². The molecule has 8 nitrogen and oxygen atoms in total. The number of aromatic amines is 1. The average Bonchev–Trinajstić information content (AvgIpc) is 2.66. The van der Waals surface area contributed by atoms with Gasteiger partial charge in [-0.25, -0.2) is 4.68 Å². The molecule has 0 atom stereocenters. The molecule has 0 fully saturated rings. The molecule has 0 aliphatic heterocycles. The third kappa shape index (κ3) is 2.51. The van der Waals surface area contributed by atoms with Gasteiger partial charge in [0, 0.05) is 11.3 Å². The van der Waals surface area contributed by atoms with Gasteiger partial charge in [-0.3, -0.25) is 14.6 Å². The van der Waals surface area contributed by atoms with E-state index in [9.17, 15) is 9.59 Å². The third-order valence-electron chi connectivity index (χ3n) is 2.75. The average molecular weight is 263 g/mol. The third-order valence-corrected chi connectivity index (χ3v) is 2.75. The number of carbonyl (C=O) groups is 1. The maximum Gasteiger partial charge on any atom is 0.310 e. The van der Waals surface area contributed by atoms with Crippen LogP contribution in [0.3, 0.4) is 0 Å². The van der Waals surface area contributed by atoms with Crippen LogP contribution in [0.2, 0.25) is 0 Å². The van der Waals surface area contributed by atoms with Crippen molar-refractivity contribution >= 4 is 5.97 Å². The van der Waals surface area contributed by atoms with Gasteiger partial charge >= 0.3 is 5.97 Å². The number of ether oxygens (including phenoxy) is 1. The molecule has 100 valence electrons. The zero-order valence-electron chi connectivity index (χ0n) is 10.8. The summed E-state index contributed by atoms with van der Waals surface area (Å²) in [5, 5.41) is 11.6. The van der Waals surface area contributed by atoms with Crippen LogP contribution in [0.1, 0.15) is 17.0 Å². The van der Waals surface area contributed by atoms with Crippen LogP contribution in [0.25, 0.3) is 5.95 Å². The van der Waals surface area contributed by atoms with Crippen molar-refractivity contribution in [1.82, 2.24) is 25.0 Å². The summed E-state index contributed by atoms with van der Waals surface area (Å²) < 4.78 is 6.08. The number of hydrogen-bond donors (Lipinski definition) is 1. The van der Waals surface area contributed by atoms with Gasteiger partial charge in [0.15, 0.2) is 0 Å². The summed E-state index contributed by atoms with van der Waals surface area (Å²) in [6.45, 7) is 3.56. The lowest BCUT2D eigenvalue weighted by Crippen LogP contribution is -2.15. The van der Waals surface area contributed by atoms with Crippen molar-refractivity contribution in [3.8, 4) is 5.95 Å². The second kappa shape index (κ2) is 5.01. The van der Waals surface area contributed by atoms with E-state index in [4.69, 9.17) is 0 Å². The molecule has 0 aromatic carbocycles. The first-order valence-corrected chi connectivity index (χ1v) is 5.57. The maximum atomic E-state index is 11.3. The van der Waals surface area contributed by atoms with E-state index in [-0.39, 0.29) is 23.9 Å². The Kier molecular flexibility index (Phi) is 3.41. The standard InChI is InChI=1S/C11H13N5O3/c1-6-8(4-10(18)19-3)7(2)16(15-6)11-13-9(17)5-12-14-11/h5H,4H2,1-3H3,(H,13,14,17). The van der Waals surface area contributed by atoms with E-state index in [1.807, 2.05) is 0 Å². The number of hydrogen-bond acceptors (Lipinski definition) is 6. The van der Waals surface area contributed by atoms with Crippen molar-refractivity contribution in [2.45, 2.75) is 20.3 Å².